The van der Waals surface area contributed by atoms with Crippen molar-refractivity contribution in [2.24, 2.45) is 0 Å². The highest BCUT2D eigenvalue weighted by Crippen LogP contribution is 2.53. The van der Waals surface area contributed by atoms with Gasteiger partial charge in [0.2, 0.25) is 0 Å². The maximum Gasteiger partial charge on any atom is 0.0619 e. The number of para-hydroxylation sites is 2. The summed E-state index contributed by atoms with van der Waals surface area (Å²) in [4.78, 5) is 4.91. The van der Waals surface area contributed by atoms with Gasteiger partial charge in [0, 0.05) is 66.8 Å². The molecule has 103 heavy (non-hydrogen) atoms. The molecule has 0 aliphatic carbocycles. The highest BCUT2D eigenvalue weighted by atomic mass is 15.2. The summed E-state index contributed by atoms with van der Waals surface area (Å²) in [6.45, 7) is 0. The van der Waals surface area contributed by atoms with Gasteiger partial charge >= 0.3 is 0 Å². The predicted molar refractivity (Wildman–Crippen MR) is 432 cm³/mol. The van der Waals surface area contributed by atoms with Gasteiger partial charge in [-0.25, -0.2) is 0 Å². The van der Waals surface area contributed by atoms with Crippen LogP contribution in [0.3, 0.4) is 0 Å². The van der Waals surface area contributed by atoms with Crippen LogP contribution >= 0.6 is 0 Å². The maximum atomic E-state index is 2.56. The zero-order valence-corrected chi connectivity index (χ0v) is 56.6. The fourth-order valence-corrected chi connectivity index (χ4v) is 15.4. The Morgan fingerprint density at radius 1 is 0.146 bits per heavy atom. The Bertz CT molecular complexity index is 5480. The third-order valence-corrected chi connectivity index (χ3v) is 19.7. The average molecular weight is 1320 g/mol. The van der Waals surface area contributed by atoms with Crippen molar-refractivity contribution in [2.75, 3.05) is 9.80 Å². The van der Waals surface area contributed by atoms with Crippen LogP contribution in [0.15, 0.2) is 419 Å². The van der Waals surface area contributed by atoms with Crippen LogP contribution in [0.1, 0.15) is 0 Å². The molecule has 0 aliphatic heterocycles. The van der Waals surface area contributed by atoms with Crippen molar-refractivity contribution in [1.29, 1.82) is 0 Å². The average Bonchev–Trinajstić information content (AvgIpc) is 1.60. The Hall–Kier alpha value is -13.7. The van der Waals surface area contributed by atoms with Gasteiger partial charge in [0.05, 0.1) is 51.2 Å². The van der Waals surface area contributed by atoms with E-state index in [4.69, 9.17) is 0 Å². The van der Waals surface area contributed by atoms with Crippen LogP contribution in [0.4, 0.5) is 34.1 Å². The van der Waals surface area contributed by atoms with Crippen molar-refractivity contribution in [2.45, 2.75) is 0 Å². The van der Waals surface area contributed by atoms with Crippen LogP contribution in [-0.2, 0) is 0 Å². The second kappa shape index (κ2) is 27.2. The van der Waals surface area contributed by atoms with Crippen LogP contribution in [0.5, 0.6) is 0 Å². The highest BCUT2D eigenvalue weighted by Gasteiger charge is 2.31. The van der Waals surface area contributed by atoms with E-state index in [0.717, 1.165) is 141 Å². The number of hydrogen-bond acceptors (Lipinski definition) is 2. The molecule has 0 aliphatic rings. The SMILES string of the molecule is c1ccc(-c2c(-c3ccccc3)c(-c3ccccc3)n(-c3cc(N(c4ccccc4)c4cccc(-n5c(-c6ccccc6)c6ccccc6c5-c5ccccc5)c4)cc(N(c4ccccc4)c4cccc(-n5c(-c6ccccc6)c6ccccc6c5-c5ccccc5)c4)c3)c2-c2ccccc2)cc1. The summed E-state index contributed by atoms with van der Waals surface area (Å²) in [5.74, 6) is 0. The lowest BCUT2D eigenvalue weighted by atomic mass is 9.91. The molecule has 0 unspecified atom stereocenters. The lowest BCUT2D eigenvalue weighted by Crippen LogP contribution is -2.15. The number of hydrogen-bond donors (Lipinski definition) is 0. The van der Waals surface area contributed by atoms with Gasteiger partial charge in [0.15, 0.2) is 0 Å². The van der Waals surface area contributed by atoms with Gasteiger partial charge in [-0.05, 0) is 123 Å². The maximum absolute atomic E-state index is 2.56. The van der Waals surface area contributed by atoms with E-state index in [0.29, 0.717) is 0 Å². The van der Waals surface area contributed by atoms with Gasteiger partial charge in [0.1, 0.15) is 0 Å². The van der Waals surface area contributed by atoms with E-state index in [1.54, 1.807) is 0 Å². The first-order chi connectivity index (χ1) is 51.2. The molecule has 5 nitrogen and oxygen atoms in total. The normalized spacial score (nSPS) is 11.3. The van der Waals surface area contributed by atoms with Crippen LogP contribution in [0.2, 0.25) is 0 Å². The topological polar surface area (TPSA) is 21.3 Å². The molecule has 0 spiro atoms. The fourth-order valence-electron chi connectivity index (χ4n) is 15.4. The Morgan fingerprint density at radius 3 is 0.641 bits per heavy atom. The van der Waals surface area contributed by atoms with Gasteiger partial charge in [-0.2, -0.15) is 0 Å². The molecule has 5 heteroatoms. The Morgan fingerprint density at radius 2 is 0.359 bits per heavy atom. The van der Waals surface area contributed by atoms with E-state index >= 15 is 0 Å². The number of anilines is 6. The van der Waals surface area contributed by atoms with Crippen molar-refractivity contribution in [3.8, 4) is 107 Å². The molecule has 3 aromatic heterocycles. The third kappa shape index (κ3) is 11.4. The molecular formula is C98H69N5. The monoisotopic (exact) mass is 1320 g/mol. The van der Waals surface area contributed by atoms with E-state index in [9.17, 15) is 0 Å². The van der Waals surface area contributed by atoms with Crippen LogP contribution < -0.4 is 9.80 Å². The molecule has 0 amide bonds. The van der Waals surface area contributed by atoms with Crippen LogP contribution in [-0.4, -0.2) is 13.7 Å². The first-order valence-corrected chi connectivity index (χ1v) is 35.2. The second-order valence-electron chi connectivity index (χ2n) is 26.0. The van der Waals surface area contributed by atoms with E-state index in [1.807, 2.05) is 0 Å². The smallest absolute Gasteiger partial charge is 0.0619 e. The molecule has 486 valence electrons. The van der Waals surface area contributed by atoms with Crippen LogP contribution in [0, 0.1) is 0 Å². The summed E-state index contributed by atoms with van der Waals surface area (Å²) >= 11 is 0. The van der Waals surface area contributed by atoms with Crippen LogP contribution in [0.25, 0.3) is 128 Å². The standard InChI is InChI=1S/C98H69N5/c1-11-37-70(38-12-1)91-92(71-39-13-2-14-40-71)98(77-51-25-8-26-52-77)103(97(91)76-49-23-7-24-50-76)86-68-84(99(78-53-27-9-28-54-78)80-57-35-59-82(65-80)101-93(72-41-15-3-16-42-72)87-61-31-32-62-88(87)94(101)73-43-17-4-18-44-73)67-85(69-86)100(79-55-29-10-30-56-79)81-58-36-60-83(66-81)102-95(74-45-19-5-20-46-74)89-63-33-34-64-90(89)96(102)75-47-21-6-22-48-75/h1-69H. The van der Waals surface area contributed by atoms with Gasteiger partial charge in [0.25, 0.3) is 0 Å². The molecule has 15 aromatic carbocycles. The van der Waals surface area contributed by atoms with Gasteiger partial charge in [-0.15, -0.1) is 0 Å². The second-order valence-corrected chi connectivity index (χ2v) is 26.0. The van der Waals surface area contributed by atoms with E-state index in [1.165, 1.54) is 21.5 Å². The Labute approximate surface area is 600 Å². The molecule has 0 saturated heterocycles. The quantitative estimate of drug-likeness (QED) is 0.0906. The minimum absolute atomic E-state index is 0.945. The molecule has 0 fully saturated rings. The molecule has 0 bridgehead atoms. The minimum Gasteiger partial charge on any atom is -0.310 e. The van der Waals surface area contributed by atoms with Gasteiger partial charge in [-0.3, -0.25) is 0 Å². The molecule has 18 aromatic rings. The molecule has 3 heterocycles. The lowest BCUT2D eigenvalue weighted by Gasteiger charge is -2.31. The van der Waals surface area contributed by atoms with Gasteiger partial charge in [-0.1, -0.05) is 340 Å². The molecule has 0 radical (unpaired) electrons. The largest absolute Gasteiger partial charge is 0.310 e. The summed E-state index contributed by atoms with van der Waals surface area (Å²) in [7, 11) is 0. The van der Waals surface area contributed by atoms with Crippen molar-refractivity contribution in [3.05, 3.63) is 419 Å². The van der Waals surface area contributed by atoms with Crippen molar-refractivity contribution in [1.82, 2.24) is 13.7 Å². The van der Waals surface area contributed by atoms with Crippen molar-refractivity contribution in [3.63, 3.8) is 0 Å². The van der Waals surface area contributed by atoms with Gasteiger partial charge < -0.3 is 23.5 Å². The summed E-state index contributed by atoms with van der Waals surface area (Å²) in [6.07, 6.45) is 0. The Kier molecular flexibility index (Phi) is 16.2. The first-order valence-electron chi connectivity index (χ1n) is 35.2. The zero-order valence-electron chi connectivity index (χ0n) is 56.6. The molecule has 0 atom stereocenters. The third-order valence-electron chi connectivity index (χ3n) is 19.7. The molecule has 0 saturated carbocycles. The minimum atomic E-state index is 0.945. The van der Waals surface area contributed by atoms with Crippen molar-refractivity contribution < 1.29 is 0 Å². The number of benzene rings is 15. The number of fused-ring (bicyclic) bond motifs is 2. The number of nitrogens with zero attached hydrogens (tertiary/aromatic N) is 5. The number of aromatic nitrogens is 3. The first kappa shape index (κ1) is 61.6. The van der Waals surface area contributed by atoms with Crippen molar-refractivity contribution >= 4 is 55.7 Å². The summed E-state index contributed by atoms with van der Waals surface area (Å²) in [5.41, 5.74) is 26.7. The highest BCUT2D eigenvalue weighted by molar-refractivity contribution is 6.09. The van der Waals surface area contributed by atoms with E-state index in [2.05, 4.69) is 442 Å². The summed E-state index contributed by atoms with van der Waals surface area (Å²) in [5, 5.41) is 4.71. The molecular weight excluding hydrogens is 1250 g/mol. The fraction of sp³-hybridized carbons (Fsp3) is 0. The zero-order chi connectivity index (χ0) is 68.4. The number of rotatable bonds is 17. The molecule has 18 rings (SSSR count). The summed E-state index contributed by atoms with van der Waals surface area (Å²) in [6, 6.07) is 152. The van der Waals surface area contributed by atoms with E-state index in [-0.39, 0.29) is 0 Å². The molecule has 0 N–H and O–H groups in total. The lowest BCUT2D eigenvalue weighted by molar-refractivity contribution is 1.08. The summed E-state index contributed by atoms with van der Waals surface area (Å²) < 4.78 is 7.54. The predicted octanol–water partition coefficient (Wildman–Crippen LogP) is 26.6. The Balaban J connectivity index is 0.959. The van der Waals surface area contributed by atoms with E-state index < -0.39 is 0 Å².